The number of thioether (sulfide) groups is 1. The maximum absolute atomic E-state index is 12.2. The molecule has 0 saturated carbocycles. The molecule has 0 radical (unpaired) electrons. The fourth-order valence-electron chi connectivity index (χ4n) is 2.62. The van der Waals surface area contributed by atoms with Gasteiger partial charge >= 0.3 is 0 Å². The summed E-state index contributed by atoms with van der Waals surface area (Å²) in [5.74, 6) is 0.737. The van der Waals surface area contributed by atoms with Gasteiger partial charge in [0.15, 0.2) is 11.0 Å². The fourth-order valence-corrected chi connectivity index (χ4v) is 3.54. The van der Waals surface area contributed by atoms with Crippen LogP contribution in [0.4, 0.5) is 0 Å². The number of nitrogens with one attached hydrogen (secondary N) is 1. The lowest BCUT2D eigenvalue weighted by Crippen LogP contribution is -2.21. The van der Waals surface area contributed by atoms with E-state index in [1.54, 1.807) is 0 Å². The molecule has 1 N–H and O–H groups in total. The number of hydrogen-bond acceptors (Lipinski definition) is 5. The summed E-state index contributed by atoms with van der Waals surface area (Å²) in [7, 11) is 0. The molecular weight excluding hydrogens is 418 g/mol. The van der Waals surface area contributed by atoms with Gasteiger partial charge in [-0.1, -0.05) is 59.8 Å². The van der Waals surface area contributed by atoms with Crippen molar-refractivity contribution in [3.05, 3.63) is 71.3 Å². The van der Waals surface area contributed by atoms with Crippen molar-refractivity contribution in [3.8, 4) is 11.4 Å². The molecule has 0 aliphatic carbocycles. The minimum absolute atomic E-state index is 0.192. The van der Waals surface area contributed by atoms with Crippen LogP contribution in [-0.4, -0.2) is 32.1 Å². The van der Waals surface area contributed by atoms with E-state index in [1.807, 2.05) is 85.2 Å². The Morgan fingerprint density at radius 1 is 1.17 bits per heavy atom. The molecule has 0 aliphatic rings. The summed E-state index contributed by atoms with van der Waals surface area (Å²) in [6.45, 7) is 4.54. The lowest BCUT2D eigenvalue weighted by atomic mass is 10.2. The predicted molar refractivity (Wildman–Crippen MR) is 124 cm³/mol. The van der Waals surface area contributed by atoms with Crippen LogP contribution in [0.5, 0.6) is 0 Å². The number of amides is 1. The molecule has 0 bridgehead atoms. The summed E-state index contributed by atoms with van der Waals surface area (Å²) in [5.41, 5.74) is 5.28. The molecule has 0 atom stereocenters. The Morgan fingerprint density at radius 2 is 1.90 bits per heavy atom. The van der Waals surface area contributed by atoms with Gasteiger partial charge in [0, 0.05) is 17.1 Å². The molecule has 6 nitrogen and oxygen atoms in total. The summed E-state index contributed by atoms with van der Waals surface area (Å²) in [6.07, 6.45) is 3.80. The van der Waals surface area contributed by atoms with E-state index in [1.165, 1.54) is 11.8 Å². The molecule has 1 amide bonds. The Bertz CT molecular complexity index is 1050. The van der Waals surface area contributed by atoms with Crippen LogP contribution >= 0.6 is 23.4 Å². The smallest absolute Gasteiger partial charge is 0.250 e. The molecule has 154 valence electrons. The molecule has 0 unspecified atom stereocenters. The second-order valence-electron chi connectivity index (χ2n) is 6.38. The van der Waals surface area contributed by atoms with Crippen LogP contribution in [-0.2, 0) is 11.3 Å². The topological polar surface area (TPSA) is 72.2 Å². The van der Waals surface area contributed by atoms with Gasteiger partial charge in [-0.05, 0) is 49.8 Å². The van der Waals surface area contributed by atoms with Crippen LogP contribution in [0.15, 0.2) is 70.9 Å². The first kappa shape index (κ1) is 21.8. The normalized spacial score (nSPS) is 11.8. The van der Waals surface area contributed by atoms with Crippen molar-refractivity contribution in [3.63, 3.8) is 0 Å². The number of rotatable bonds is 8. The molecule has 0 saturated heterocycles. The van der Waals surface area contributed by atoms with Crippen LogP contribution < -0.4 is 5.43 Å². The zero-order chi connectivity index (χ0) is 21.3. The highest BCUT2D eigenvalue weighted by Crippen LogP contribution is 2.25. The average molecular weight is 440 g/mol. The quantitative estimate of drug-likeness (QED) is 0.307. The number of halogens is 1. The molecule has 3 rings (SSSR count). The molecular formula is C22H22ClN5OS. The number of hydrogen-bond donors (Lipinski definition) is 1. The maximum atomic E-state index is 12.2. The minimum atomic E-state index is -0.203. The first-order chi connectivity index (χ1) is 14.6. The van der Waals surface area contributed by atoms with Crippen molar-refractivity contribution in [2.75, 3.05) is 5.75 Å². The van der Waals surface area contributed by atoms with Crippen LogP contribution in [0, 0.1) is 0 Å². The highest BCUT2D eigenvalue weighted by molar-refractivity contribution is 7.99. The third kappa shape index (κ3) is 6.05. The fraction of sp³-hybridized carbons (Fsp3) is 0.182. The lowest BCUT2D eigenvalue weighted by molar-refractivity contribution is -0.118. The number of allylic oxidation sites excluding steroid dienone is 1. The Morgan fingerprint density at radius 3 is 2.60 bits per heavy atom. The predicted octanol–water partition coefficient (Wildman–Crippen LogP) is 4.92. The molecule has 0 spiro atoms. The number of benzene rings is 2. The Hall–Kier alpha value is -2.90. The summed E-state index contributed by atoms with van der Waals surface area (Å²) in [5, 5.41) is 14.0. The van der Waals surface area contributed by atoms with Crippen molar-refractivity contribution in [1.29, 1.82) is 0 Å². The summed E-state index contributed by atoms with van der Waals surface area (Å²) in [6, 6.07) is 17.4. The van der Waals surface area contributed by atoms with E-state index >= 15 is 0 Å². The van der Waals surface area contributed by atoms with Gasteiger partial charge in [-0.15, -0.1) is 10.2 Å². The van der Waals surface area contributed by atoms with Gasteiger partial charge in [-0.25, -0.2) is 5.43 Å². The Kier molecular flexibility index (Phi) is 7.82. The maximum Gasteiger partial charge on any atom is 0.250 e. The van der Waals surface area contributed by atoms with Crippen molar-refractivity contribution >= 4 is 41.1 Å². The SMILES string of the molecule is CCn1c(SCC(=O)NN=C(C)/C=C/c2ccccc2)nnc1-c1ccc(Cl)cc1. The zero-order valence-electron chi connectivity index (χ0n) is 16.7. The van der Waals surface area contributed by atoms with E-state index in [4.69, 9.17) is 11.6 Å². The van der Waals surface area contributed by atoms with Gasteiger partial charge in [0.05, 0.1) is 11.5 Å². The van der Waals surface area contributed by atoms with Gasteiger partial charge in [-0.2, -0.15) is 5.10 Å². The summed E-state index contributed by atoms with van der Waals surface area (Å²) in [4.78, 5) is 12.2. The van der Waals surface area contributed by atoms with Gasteiger partial charge in [0.25, 0.3) is 5.91 Å². The largest absolute Gasteiger partial charge is 0.302 e. The van der Waals surface area contributed by atoms with E-state index in [9.17, 15) is 4.79 Å². The van der Waals surface area contributed by atoms with E-state index in [-0.39, 0.29) is 11.7 Å². The van der Waals surface area contributed by atoms with Crippen molar-refractivity contribution in [2.45, 2.75) is 25.5 Å². The molecule has 8 heteroatoms. The Balaban J connectivity index is 1.57. The van der Waals surface area contributed by atoms with Crippen LogP contribution in [0.3, 0.4) is 0 Å². The lowest BCUT2D eigenvalue weighted by Gasteiger charge is -2.07. The van der Waals surface area contributed by atoms with Crippen LogP contribution in [0.25, 0.3) is 17.5 Å². The van der Waals surface area contributed by atoms with Crippen molar-refractivity contribution < 1.29 is 4.79 Å². The van der Waals surface area contributed by atoms with E-state index < -0.39 is 0 Å². The first-order valence-corrected chi connectivity index (χ1v) is 10.8. The average Bonchev–Trinajstić information content (AvgIpc) is 3.19. The number of carbonyl (C=O) groups excluding carboxylic acids is 1. The standard InChI is InChI=1S/C22H22ClN5OS/c1-3-28-21(18-11-13-19(23)14-12-18)26-27-22(28)30-15-20(29)25-24-16(2)9-10-17-7-5-4-6-8-17/h4-14H,3,15H2,1-2H3,(H,25,29)/b10-9+,24-16?. The van der Waals surface area contributed by atoms with E-state index in [2.05, 4.69) is 20.7 Å². The highest BCUT2D eigenvalue weighted by Gasteiger charge is 2.14. The molecule has 3 aromatic rings. The van der Waals surface area contributed by atoms with Gasteiger partial charge < -0.3 is 4.57 Å². The van der Waals surface area contributed by atoms with Crippen LogP contribution in [0.1, 0.15) is 19.4 Å². The molecule has 0 aliphatic heterocycles. The molecule has 2 aromatic carbocycles. The van der Waals surface area contributed by atoms with Gasteiger partial charge in [0.1, 0.15) is 0 Å². The highest BCUT2D eigenvalue weighted by atomic mass is 35.5. The number of aromatic nitrogens is 3. The third-order valence-electron chi connectivity index (χ3n) is 4.14. The first-order valence-electron chi connectivity index (χ1n) is 9.45. The summed E-state index contributed by atoms with van der Waals surface area (Å²) < 4.78 is 1.97. The Labute approximate surface area is 185 Å². The van der Waals surface area contributed by atoms with Crippen LogP contribution in [0.2, 0.25) is 5.02 Å². The monoisotopic (exact) mass is 439 g/mol. The molecule has 1 heterocycles. The second kappa shape index (κ2) is 10.8. The molecule has 30 heavy (non-hydrogen) atoms. The molecule has 0 fully saturated rings. The van der Waals surface area contributed by atoms with Gasteiger partial charge in [0.2, 0.25) is 0 Å². The zero-order valence-corrected chi connectivity index (χ0v) is 18.3. The number of carbonyl (C=O) groups is 1. The van der Waals surface area contributed by atoms with Crippen molar-refractivity contribution in [2.24, 2.45) is 5.10 Å². The van der Waals surface area contributed by atoms with E-state index in [0.29, 0.717) is 22.4 Å². The van der Waals surface area contributed by atoms with E-state index in [0.717, 1.165) is 17.0 Å². The van der Waals surface area contributed by atoms with Gasteiger partial charge in [-0.3, -0.25) is 4.79 Å². The third-order valence-corrected chi connectivity index (χ3v) is 5.36. The second-order valence-corrected chi connectivity index (χ2v) is 7.76. The minimum Gasteiger partial charge on any atom is -0.302 e. The number of nitrogens with zero attached hydrogens (tertiary/aromatic N) is 4. The summed E-state index contributed by atoms with van der Waals surface area (Å²) >= 11 is 7.28. The van der Waals surface area contributed by atoms with Crippen molar-refractivity contribution in [1.82, 2.24) is 20.2 Å². The molecule has 1 aromatic heterocycles. The number of hydrazone groups is 1.